The van der Waals surface area contributed by atoms with Crippen LogP contribution in [-0.4, -0.2) is 0 Å². The number of hydrogen-bond acceptors (Lipinski definition) is 0. The van der Waals surface area contributed by atoms with Gasteiger partial charge in [-0.1, -0.05) is 48.9 Å². The van der Waals surface area contributed by atoms with Crippen molar-refractivity contribution in [2.45, 2.75) is 19.3 Å². The van der Waals surface area contributed by atoms with Crippen molar-refractivity contribution in [3.8, 4) is 0 Å². The van der Waals surface area contributed by atoms with E-state index >= 15 is 0 Å². The van der Waals surface area contributed by atoms with Gasteiger partial charge in [-0.25, -0.2) is 0 Å². The van der Waals surface area contributed by atoms with E-state index in [4.69, 9.17) is 0 Å². The first-order chi connectivity index (χ1) is 6.93. The van der Waals surface area contributed by atoms with Crippen LogP contribution in [0.15, 0.2) is 42.5 Å². The molecule has 0 N–H and O–H groups in total. The van der Waals surface area contributed by atoms with E-state index in [2.05, 4.69) is 42.5 Å². The molecule has 0 nitrogen and oxygen atoms in total. The Morgan fingerprint density at radius 2 is 1.57 bits per heavy atom. The van der Waals surface area contributed by atoms with Crippen LogP contribution in [-0.2, 0) is 0 Å². The fraction of sp³-hybridized carbons (Fsp3) is 0.214. The third-order valence-electron chi connectivity index (χ3n) is 3.11. The third-order valence-corrected chi connectivity index (χ3v) is 3.11. The molecule has 69 valence electrons. The van der Waals surface area contributed by atoms with Crippen LogP contribution in [0.1, 0.15) is 24.8 Å². The molecule has 1 fully saturated rings. The first kappa shape index (κ1) is 8.05. The molecule has 1 aliphatic carbocycles. The van der Waals surface area contributed by atoms with Gasteiger partial charge in [-0.15, -0.1) is 0 Å². The van der Waals surface area contributed by atoms with Crippen molar-refractivity contribution in [2.75, 3.05) is 0 Å². The van der Waals surface area contributed by atoms with Crippen molar-refractivity contribution in [3.63, 3.8) is 0 Å². The summed E-state index contributed by atoms with van der Waals surface area (Å²) in [5, 5.41) is 2.71. The zero-order chi connectivity index (χ0) is 9.38. The van der Waals surface area contributed by atoms with Crippen LogP contribution in [0.2, 0.25) is 0 Å². The maximum Gasteiger partial charge on any atom is 0.00500 e. The summed E-state index contributed by atoms with van der Waals surface area (Å²) in [6.07, 6.45) is 3.98. The standard InChI is InChI=1S/C14H13/c1-2-5-13-10-14(11-6-3-7-11)9-8-12(13)4-1/h1-2,4-5,8-10H,3,6-7H2. The average molecular weight is 181 g/mol. The van der Waals surface area contributed by atoms with E-state index < -0.39 is 0 Å². The van der Waals surface area contributed by atoms with Gasteiger partial charge in [0.25, 0.3) is 0 Å². The lowest BCUT2D eigenvalue weighted by molar-refractivity contribution is 0.578. The molecule has 0 saturated heterocycles. The molecule has 14 heavy (non-hydrogen) atoms. The maximum absolute atomic E-state index is 2.32. The molecule has 3 rings (SSSR count). The van der Waals surface area contributed by atoms with E-state index in [-0.39, 0.29) is 0 Å². The predicted molar refractivity (Wildman–Crippen MR) is 60.1 cm³/mol. The molecule has 1 aliphatic rings. The van der Waals surface area contributed by atoms with Crippen LogP contribution < -0.4 is 0 Å². The summed E-state index contributed by atoms with van der Waals surface area (Å²) in [5.74, 6) is 1.63. The summed E-state index contributed by atoms with van der Waals surface area (Å²) in [5.41, 5.74) is 1.45. The number of fused-ring (bicyclic) bond motifs is 1. The largest absolute Gasteiger partial charge is 0.0616 e. The zero-order valence-corrected chi connectivity index (χ0v) is 8.16. The summed E-state index contributed by atoms with van der Waals surface area (Å²) in [6.45, 7) is 0. The quantitative estimate of drug-likeness (QED) is 0.625. The smallest absolute Gasteiger partial charge is 0.00500 e. The van der Waals surface area contributed by atoms with Gasteiger partial charge in [-0.2, -0.15) is 0 Å². The lowest BCUT2D eigenvalue weighted by Gasteiger charge is -2.25. The van der Waals surface area contributed by atoms with E-state index in [0.717, 1.165) is 0 Å². The van der Waals surface area contributed by atoms with Crippen LogP contribution in [0.3, 0.4) is 0 Å². The number of hydrogen-bond donors (Lipinski definition) is 0. The molecule has 0 spiro atoms. The second kappa shape index (κ2) is 3.13. The molecule has 0 atom stereocenters. The van der Waals surface area contributed by atoms with Crippen LogP contribution in [0, 0.1) is 5.92 Å². The van der Waals surface area contributed by atoms with Crippen LogP contribution in [0.5, 0.6) is 0 Å². The third kappa shape index (κ3) is 1.22. The Bertz CT molecular complexity index is 452. The highest BCUT2D eigenvalue weighted by molar-refractivity contribution is 5.83. The fourth-order valence-corrected chi connectivity index (χ4v) is 2.05. The molecule has 0 amide bonds. The van der Waals surface area contributed by atoms with Gasteiger partial charge in [-0.05, 0) is 29.2 Å². The summed E-state index contributed by atoms with van der Waals surface area (Å²) in [6, 6.07) is 15.4. The van der Waals surface area contributed by atoms with E-state index in [1.807, 2.05) is 0 Å². The Hall–Kier alpha value is -1.30. The minimum absolute atomic E-state index is 1.30. The molecular weight excluding hydrogens is 168 g/mol. The molecule has 0 aliphatic heterocycles. The van der Waals surface area contributed by atoms with Gasteiger partial charge in [0.1, 0.15) is 0 Å². The van der Waals surface area contributed by atoms with Gasteiger partial charge >= 0.3 is 0 Å². The minimum atomic E-state index is 1.30. The van der Waals surface area contributed by atoms with E-state index in [1.165, 1.54) is 35.6 Å². The van der Waals surface area contributed by atoms with Gasteiger partial charge < -0.3 is 0 Å². The highest BCUT2D eigenvalue weighted by Gasteiger charge is 2.19. The van der Waals surface area contributed by atoms with Crippen molar-refractivity contribution < 1.29 is 0 Å². The second-order valence-corrected chi connectivity index (χ2v) is 4.02. The van der Waals surface area contributed by atoms with Crippen LogP contribution in [0.4, 0.5) is 0 Å². The zero-order valence-electron chi connectivity index (χ0n) is 8.16. The SMILES string of the molecule is c1ccc2cc([C]3CCC3)ccc2c1. The van der Waals surface area contributed by atoms with Gasteiger partial charge in [0, 0.05) is 5.92 Å². The van der Waals surface area contributed by atoms with Crippen molar-refractivity contribution in [1.29, 1.82) is 0 Å². The molecule has 1 radical (unpaired) electrons. The second-order valence-electron chi connectivity index (χ2n) is 4.02. The normalized spacial score (nSPS) is 16.9. The Kier molecular flexibility index (Phi) is 1.80. The number of benzene rings is 2. The minimum Gasteiger partial charge on any atom is -0.0616 e. The van der Waals surface area contributed by atoms with Crippen molar-refractivity contribution in [3.05, 3.63) is 53.9 Å². The first-order valence-electron chi connectivity index (χ1n) is 5.27. The van der Waals surface area contributed by atoms with Gasteiger partial charge in [0.15, 0.2) is 0 Å². The van der Waals surface area contributed by atoms with Gasteiger partial charge in [-0.3, -0.25) is 0 Å². The fourth-order valence-electron chi connectivity index (χ4n) is 2.05. The molecule has 0 heterocycles. The monoisotopic (exact) mass is 181 g/mol. The Labute approximate surface area is 84.6 Å². The summed E-state index contributed by atoms with van der Waals surface area (Å²) in [4.78, 5) is 0. The predicted octanol–water partition coefficient (Wildman–Crippen LogP) is 3.95. The Morgan fingerprint density at radius 3 is 2.29 bits per heavy atom. The highest BCUT2D eigenvalue weighted by Crippen LogP contribution is 2.36. The molecule has 2 aromatic carbocycles. The van der Waals surface area contributed by atoms with Crippen LogP contribution >= 0.6 is 0 Å². The topological polar surface area (TPSA) is 0 Å². The molecule has 0 unspecified atom stereocenters. The molecule has 2 aromatic rings. The lowest BCUT2D eigenvalue weighted by atomic mass is 9.79. The molecule has 0 aromatic heterocycles. The van der Waals surface area contributed by atoms with E-state index in [9.17, 15) is 0 Å². The molecular formula is C14H13. The average Bonchev–Trinajstić information content (AvgIpc) is 2.15. The lowest BCUT2D eigenvalue weighted by Crippen LogP contribution is -2.09. The van der Waals surface area contributed by atoms with Gasteiger partial charge in [0.2, 0.25) is 0 Å². The van der Waals surface area contributed by atoms with Crippen molar-refractivity contribution >= 4 is 10.8 Å². The summed E-state index contributed by atoms with van der Waals surface area (Å²) >= 11 is 0. The van der Waals surface area contributed by atoms with E-state index in [0.29, 0.717) is 0 Å². The van der Waals surface area contributed by atoms with Crippen LogP contribution in [0.25, 0.3) is 10.8 Å². The Morgan fingerprint density at radius 1 is 0.786 bits per heavy atom. The van der Waals surface area contributed by atoms with Crippen molar-refractivity contribution in [2.24, 2.45) is 0 Å². The highest BCUT2D eigenvalue weighted by atomic mass is 14.2. The molecule has 0 heteroatoms. The Balaban J connectivity index is 2.10. The molecule has 1 saturated carbocycles. The number of rotatable bonds is 1. The molecule has 0 bridgehead atoms. The van der Waals surface area contributed by atoms with Crippen molar-refractivity contribution in [1.82, 2.24) is 0 Å². The maximum atomic E-state index is 2.32. The first-order valence-corrected chi connectivity index (χ1v) is 5.27. The summed E-state index contributed by atoms with van der Waals surface area (Å²) in [7, 11) is 0. The van der Waals surface area contributed by atoms with E-state index in [1.54, 1.807) is 5.92 Å². The van der Waals surface area contributed by atoms with Gasteiger partial charge in [0.05, 0.1) is 0 Å². The summed E-state index contributed by atoms with van der Waals surface area (Å²) < 4.78 is 0.